The first kappa shape index (κ1) is 19.9. The van der Waals surface area contributed by atoms with E-state index in [0.717, 1.165) is 18.4 Å². The fourth-order valence-corrected chi connectivity index (χ4v) is 6.60. The van der Waals surface area contributed by atoms with Gasteiger partial charge in [0.05, 0.1) is 9.79 Å². The average molecular weight is 409 g/mol. The Morgan fingerprint density at radius 3 is 1.89 bits per heavy atom. The van der Waals surface area contributed by atoms with Gasteiger partial charge in [-0.2, -0.15) is 4.31 Å². The fourth-order valence-electron chi connectivity index (χ4n) is 3.57. The Balaban J connectivity index is 1.86. The summed E-state index contributed by atoms with van der Waals surface area (Å²) in [5, 5.41) is 0. The SMILES string of the molecule is Cc1cc(C)c(S(=O)(=O)Nc2ccc(S(=O)(=O)N3CCCC3)cc2)c(C)c1. The lowest BCUT2D eigenvalue weighted by Crippen LogP contribution is -2.27. The number of hydrogen-bond acceptors (Lipinski definition) is 4. The van der Waals surface area contributed by atoms with Crippen LogP contribution in [0.2, 0.25) is 0 Å². The van der Waals surface area contributed by atoms with Gasteiger partial charge in [0.25, 0.3) is 10.0 Å². The van der Waals surface area contributed by atoms with E-state index in [1.54, 1.807) is 13.8 Å². The van der Waals surface area contributed by atoms with Crippen molar-refractivity contribution in [3.05, 3.63) is 53.1 Å². The minimum atomic E-state index is -3.77. The van der Waals surface area contributed by atoms with Gasteiger partial charge in [0.2, 0.25) is 10.0 Å². The summed E-state index contributed by atoms with van der Waals surface area (Å²) in [4.78, 5) is 0.428. The number of hydrogen-bond donors (Lipinski definition) is 1. The smallest absolute Gasteiger partial charge is 0.262 e. The fraction of sp³-hybridized carbons (Fsp3) is 0.368. The average Bonchev–Trinajstić information content (AvgIpc) is 3.08. The molecule has 0 unspecified atom stereocenters. The van der Waals surface area contributed by atoms with Crippen molar-refractivity contribution < 1.29 is 16.8 Å². The van der Waals surface area contributed by atoms with E-state index in [0.29, 0.717) is 29.9 Å². The Hall–Kier alpha value is -1.90. The number of benzene rings is 2. The molecule has 0 aliphatic carbocycles. The highest BCUT2D eigenvalue weighted by Crippen LogP contribution is 2.26. The van der Waals surface area contributed by atoms with E-state index < -0.39 is 20.0 Å². The Bertz CT molecular complexity index is 1030. The molecule has 2 aromatic rings. The van der Waals surface area contributed by atoms with Crippen LogP contribution in [-0.2, 0) is 20.0 Å². The van der Waals surface area contributed by atoms with Gasteiger partial charge in [-0.25, -0.2) is 16.8 Å². The molecule has 1 saturated heterocycles. The number of nitrogens with one attached hydrogen (secondary N) is 1. The summed E-state index contributed by atoms with van der Waals surface area (Å²) in [6.45, 7) is 6.51. The summed E-state index contributed by atoms with van der Waals surface area (Å²) >= 11 is 0. The third-order valence-electron chi connectivity index (χ3n) is 4.68. The topological polar surface area (TPSA) is 83.5 Å². The molecule has 2 aromatic carbocycles. The Labute approximate surface area is 161 Å². The minimum Gasteiger partial charge on any atom is -0.280 e. The summed E-state index contributed by atoms with van der Waals surface area (Å²) in [6, 6.07) is 9.51. The number of nitrogens with zero attached hydrogens (tertiary/aromatic N) is 1. The number of sulfonamides is 2. The molecular weight excluding hydrogens is 384 g/mol. The van der Waals surface area contributed by atoms with Gasteiger partial charge >= 0.3 is 0 Å². The van der Waals surface area contributed by atoms with E-state index >= 15 is 0 Å². The second kappa shape index (κ2) is 7.26. The van der Waals surface area contributed by atoms with E-state index in [-0.39, 0.29) is 9.79 Å². The molecule has 1 aliphatic rings. The van der Waals surface area contributed by atoms with Crippen LogP contribution in [-0.4, -0.2) is 34.2 Å². The highest BCUT2D eigenvalue weighted by molar-refractivity contribution is 7.92. The summed E-state index contributed by atoms with van der Waals surface area (Å²) < 4.78 is 54.7. The van der Waals surface area contributed by atoms with Crippen molar-refractivity contribution in [2.75, 3.05) is 17.8 Å². The third kappa shape index (κ3) is 4.02. The van der Waals surface area contributed by atoms with Gasteiger partial charge in [0, 0.05) is 18.8 Å². The van der Waals surface area contributed by atoms with Crippen molar-refractivity contribution in [3.8, 4) is 0 Å². The lowest BCUT2D eigenvalue weighted by molar-refractivity contribution is 0.477. The zero-order chi connectivity index (χ0) is 19.8. The second-order valence-corrected chi connectivity index (χ2v) is 10.5. The minimum absolute atomic E-state index is 0.176. The van der Waals surface area contributed by atoms with Crippen LogP contribution in [0.1, 0.15) is 29.5 Å². The standard InChI is InChI=1S/C19H24N2O4S2/c1-14-12-15(2)19(16(3)13-14)26(22,23)20-17-6-8-18(9-7-17)27(24,25)21-10-4-5-11-21/h6-9,12-13,20H,4-5,10-11H2,1-3H3. The molecule has 27 heavy (non-hydrogen) atoms. The predicted molar refractivity (Wildman–Crippen MR) is 106 cm³/mol. The van der Waals surface area contributed by atoms with E-state index in [2.05, 4.69) is 4.72 Å². The Morgan fingerprint density at radius 1 is 0.852 bits per heavy atom. The molecule has 1 N–H and O–H groups in total. The molecule has 0 spiro atoms. The second-order valence-electron chi connectivity index (χ2n) is 6.97. The molecule has 1 aliphatic heterocycles. The van der Waals surface area contributed by atoms with Gasteiger partial charge in [-0.15, -0.1) is 0 Å². The molecular formula is C19H24N2O4S2. The summed E-state index contributed by atoms with van der Waals surface area (Å²) in [6.07, 6.45) is 1.73. The highest BCUT2D eigenvalue weighted by Gasteiger charge is 2.27. The van der Waals surface area contributed by atoms with Gasteiger partial charge in [0.1, 0.15) is 0 Å². The zero-order valence-corrected chi connectivity index (χ0v) is 17.3. The van der Waals surface area contributed by atoms with Crippen LogP contribution < -0.4 is 4.72 Å². The van der Waals surface area contributed by atoms with Crippen molar-refractivity contribution >= 4 is 25.7 Å². The molecule has 0 atom stereocenters. The maximum atomic E-state index is 12.8. The highest BCUT2D eigenvalue weighted by atomic mass is 32.2. The van der Waals surface area contributed by atoms with E-state index in [1.165, 1.54) is 28.6 Å². The van der Waals surface area contributed by atoms with Gasteiger partial charge in [-0.05, 0) is 69.0 Å². The van der Waals surface area contributed by atoms with Crippen LogP contribution in [0.25, 0.3) is 0 Å². The van der Waals surface area contributed by atoms with Gasteiger partial charge in [-0.1, -0.05) is 17.7 Å². The van der Waals surface area contributed by atoms with Crippen LogP contribution in [0.3, 0.4) is 0 Å². The van der Waals surface area contributed by atoms with Crippen molar-refractivity contribution in [2.24, 2.45) is 0 Å². The van der Waals surface area contributed by atoms with Crippen molar-refractivity contribution in [2.45, 2.75) is 43.4 Å². The van der Waals surface area contributed by atoms with Gasteiger partial charge in [-0.3, -0.25) is 4.72 Å². The van der Waals surface area contributed by atoms with Crippen molar-refractivity contribution in [1.29, 1.82) is 0 Å². The van der Waals surface area contributed by atoms with Crippen LogP contribution >= 0.6 is 0 Å². The number of anilines is 1. The van der Waals surface area contributed by atoms with E-state index in [9.17, 15) is 16.8 Å². The normalized spacial score (nSPS) is 15.8. The summed E-state index contributed by atoms with van der Waals surface area (Å²) in [7, 11) is -7.28. The maximum Gasteiger partial charge on any atom is 0.262 e. The van der Waals surface area contributed by atoms with E-state index in [1.807, 2.05) is 19.1 Å². The third-order valence-corrected chi connectivity index (χ3v) is 8.28. The first-order valence-electron chi connectivity index (χ1n) is 8.82. The van der Waals surface area contributed by atoms with Gasteiger partial charge < -0.3 is 0 Å². The Morgan fingerprint density at radius 2 is 1.37 bits per heavy atom. The first-order chi connectivity index (χ1) is 12.6. The van der Waals surface area contributed by atoms with Crippen LogP contribution in [0.5, 0.6) is 0 Å². The predicted octanol–water partition coefficient (Wildman–Crippen LogP) is 3.20. The number of rotatable bonds is 5. The molecule has 0 radical (unpaired) electrons. The van der Waals surface area contributed by atoms with Crippen LogP contribution in [0.15, 0.2) is 46.2 Å². The largest absolute Gasteiger partial charge is 0.280 e. The van der Waals surface area contributed by atoms with Gasteiger partial charge in [0.15, 0.2) is 0 Å². The molecule has 3 rings (SSSR count). The monoisotopic (exact) mass is 408 g/mol. The number of aryl methyl sites for hydroxylation is 3. The van der Waals surface area contributed by atoms with Crippen LogP contribution in [0.4, 0.5) is 5.69 Å². The molecule has 6 nitrogen and oxygen atoms in total. The maximum absolute atomic E-state index is 12.8. The summed E-state index contributed by atoms with van der Waals surface area (Å²) in [5.74, 6) is 0. The molecule has 146 valence electrons. The molecule has 0 amide bonds. The molecule has 0 aromatic heterocycles. The van der Waals surface area contributed by atoms with Crippen molar-refractivity contribution in [3.63, 3.8) is 0 Å². The van der Waals surface area contributed by atoms with E-state index in [4.69, 9.17) is 0 Å². The lowest BCUT2D eigenvalue weighted by atomic mass is 10.1. The lowest BCUT2D eigenvalue weighted by Gasteiger charge is -2.16. The first-order valence-corrected chi connectivity index (χ1v) is 11.7. The van der Waals surface area contributed by atoms with Crippen LogP contribution in [0, 0.1) is 20.8 Å². The molecule has 1 heterocycles. The van der Waals surface area contributed by atoms with Crippen molar-refractivity contribution in [1.82, 2.24) is 4.31 Å². The molecule has 8 heteroatoms. The Kier molecular flexibility index (Phi) is 5.33. The quantitative estimate of drug-likeness (QED) is 0.823. The molecule has 1 fully saturated rings. The summed E-state index contributed by atoms with van der Waals surface area (Å²) in [5.41, 5.74) is 2.68. The zero-order valence-electron chi connectivity index (χ0n) is 15.7. The molecule has 0 saturated carbocycles. The molecule has 0 bridgehead atoms.